The fourth-order valence-electron chi connectivity index (χ4n) is 2.34. The van der Waals surface area contributed by atoms with Gasteiger partial charge in [0.1, 0.15) is 0 Å². The fraction of sp³-hybridized carbons (Fsp3) is 0.0556. The number of benzene rings is 2. The van der Waals surface area contributed by atoms with E-state index in [0.717, 1.165) is 16.9 Å². The van der Waals surface area contributed by atoms with Crippen molar-refractivity contribution in [3.8, 4) is 0 Å². The molecule has 0 radical (unpaired) electrons. The molecule has 1 aliphatic rings. The molecule has 0 saturated carbocycles. The number of fused-ring (bicyclic) bond motifs is 1. The number of anilines is 1. The molecule has 0 aliphatic carbocycles. The number of likely N-dealkylation sites (N-methyl/N-ethyl adjacent to an activating group) is 1. The van der Waals surface area contributed by atoms with Gasteiger partial charge in [-0.05, 0) is 42.0 Å². The Kier molecular flexibility index (Phi) is 3.63. The van der Waals surface area contributed by atoms with Gasteiger partial charge in [0.25, 0.3) is 0 Å². The van der Waals surface area contributed by atoms with Crippen molar-refractivity contribution in [1.82, 2.24) is 0 Å². The van der Waals surface area contributed by atoms with E-state index < -0.39 is 0 Å². The molecule has 2 aromatic carbocycles. The zero-order chi connectivity index (χ0) is 14.8. The van der Waals surface area contributed by atoms with E-state index in [1.165, 1.54) is 0 Å². The summed E-state index contributed by atoms with van der Waals surface area (Å²) < 4.78 is 0. The van der Waals surface area contributed by atoms with E-state index in [1.54, 1.807) is 30.3 Å². The lowest BCUT2D eigenvalue weighted by molar-refractivity contribution is 0.104. The van der Waals surface area contributed by atoms with Gasteiger partial charge >= 0.3 is 0 Å². The minimum Gasteiger partial charge on any atom is -0.344 e. The van der Waals surface area contributed by atoms with Crippen molar-refractivity contribution in [3.05, 3.63) is 82.5 Å². The highest BCUT2D eigenvalue weighted by Gasteiger charge is 2.14. The highest BCUT2D eigenvalue weighted by atomic mass is 35.5. The topological polar surface area (TPSA) is 20.3 Å². The third kappa shape index (κ3) is 2.76. The van der Waals surface area contributed by atoms with Crippen LogP contribution in [0.1, 0.15) is 15.9 Å². The van der Waals surface area contributed by atoms with Crippen LogP contribution in [0.5, 0.6) is 0 Å². The summed E-state index contributed by atoms with van der Waals surface area (Å²) in [7, 11) is 1.96. The molecule has 0 bridgehead atoms. The Balaban J connectivity index is 1.91. The number of hydrogen-bond donors (Lipinski definition) is 0. The van der Waals surface area contributed by atoms with Crippen molar-refractivity contribution in [2.75, 3.05) is 11.9 Å². The second-order valence-corrected chi connectivity index (χ2v) is 5.33. The van der Waals surface area contributed by atoms with Crippen LogP contribution in [-0.2, 0) is 0 Å². The fourth-order valence-corrected chi connectivity index (χ4v) is 2.46. The number of allylic oxidation sites excluding steroid dienone is 2. The molecule has 0 unspecified atom stereocenters. The summed E-state index contributed by atoms with van der Waals surface area (Å²) in [6.07, 6.45) is 5.63. The normalized spacial score (nSPS) is 15.1. The minimum absolute atomic E-state index is 0.0300. The molecule has 0 amide bonds. The van der Waals surface area contributed by atoms with Gasteiger partial charge in [-0.25, -0.2) is 0 Å². The van der Waals surface area contributed by atoms with Crippen LogP contribution in [-0.4, -0.2) is 12.8 Å². The van der Waals surface area contributed by atoms with Gasteiger partial charge in [0.2, 0.25) is 0 Å². The molecule has 0 spiro atoms. The third-order valence-electron chi connectivity index (χ3n) is 3.53. The summed E-state index contributed by atoms with van der Waals surface area (Å²) in [5.74, 6) is -0.0300. The summed E-state index contributed by atoms with van der Waals surface area (Å²) in [6, 6.07) is 15.0. The van der Waals surface area contributed by atoms with Gasteiger partial charge < -0.3 is 4.90 Å². The Morgan fingerprint density at radius 2 is 1.76 bits per heavy atom. The first-order valence-electron chi connectivity index (χ1n) is 6.67. The van der Waals surface area contributed by atoms with E-state index >= 15 is 0 Å². The zero-order valence-corrected chi connectivity index (χ0v) is 12.3. The second kappa shape index (κ2) is 5.58. The second-order valence-electron chi connectivity index (χ2n) is 4.89. The standard InChI is InChI=1S/C18H14ClNO/c1-20-16(11-8-13-4-2-3-5-17(13)20)12-18(21)14-6-9-15(19)10-7-14/h2-12H,1H3/b16-12-. The molecule has 0 N–H and O–H groups in total. The average molecular weight is 296 g/mol. The lowest BCUT2D eigenvalue weighted by Gasteiger charge is -2.26. The molecule has 0 atom stereocenters. The highest BCUT2D eigenvalue weighted by Crippen LogP contribution is 2.29. The molecule has 104 valence electrons. The van der Waals surface area contributed by atoms with Crippen molar-refractivity contribution >= 4 is 29.1 Å². The number of halogens is 1. The summed E-state index contributed by atoms with van der Waals surface area (Å²) in [4.78, 5) is 14.3. The van der Waals surface area contributed by atoms with Crippen molar-refractivity contribution in [3.63, 3.8) is 0 Å². The maximum atomic E-state index is 12.3. The zero-order valence-electron chi connectivity index (χ0n) is 11.6. The number of para-hydroxylation sites is 1. The number of nitrogens with zero attached hydrogens (tertiary/aromatic N) is 1. The molecular formula is C18H14ClNO. The van der Waals surface area contributed by atoms with Gasteiger partial charge in [-0.1, -0.05) is 35.9 Å². The number of carbonyl (C=O) groups is 1. The molecule has 3 heteroatoms. The summed E-state index contributed by atoms with van der Waals surface area (Å²) in [5.41, 5.74) is 3.74. The molecule has 0 saturated heterocycles. The van der Waals surface area contributed by atoms with E-state index in [-0.39, 0.29) is 5.78 Å². The summed E-state index contributed by atoms with van der Waals surface area (Å²) in [5, 5.41) is 0.628. The van der Waals surface area contributed by atoms with Gasteiger partial charge in [-0.2, -0.15) is 0 Å². The molecule has 0 aromatic heterocycles. The predicted molar refractivity (Wildman–Crippen MR) is 87.7 cm³/mol. The van der Waals surface area contributed by atoms with Crippen LogP contribution in [0.3, 0.4) is 0 Å². The number of ketones is 1. The predicted octanol–water partition coefficient (Wildman–Crippen LogP) is 4.57. The Hall–Kier alpha value is -2.32. The van der Waals surface area contributed by atoms with Gasteiger partial charge in [0.15, 0.2) is 5.78 Å². The molecular weight excluding hydrogens is 282 g/mol. The van der Waals surface area contributed by atoms with Crippen LogP contribution in [0.15, 0.2) is 66.4 Å². The number of hydrogen-bond acceptors (Lipinski definition) is 2. The Bertz CT molecular complexity index is 744. The minimum atomic E-state index is -0.0300. The van der Waals surface area contributed by atoms with Gasteiger partial charge in [-0.3, -0.25) is 4.79 Å². The molecule has 3 rings (SSSR count). The van der Waals surface area contributed by atoms with E-state index in [9.17, 15) is 4.79 Å². The van der Waals surface area contributed by atoms with Gasteiger partial charge in [-0.15, -0.1) is 0 Å². The van der Waals surface area contributed by atoms with Crippen molar-refractivity contribution in [2.45, 2.75) is 0 Å². The van der Waals surface area contributed by atoms with Gasteiger partial charge in [0.05, 0.1) is 0 Å². The third-order valence-corrected chi connectivity index (χ3v) is 3.78. The number of rotatable bonds is 2. The molecule has 0 fully saturated rings. The van der Waals surface area contributed by atoms with E-state index in [2.05, 4.69) is 6.07 Å². The van der Waals surface area contributed by atoms with Crippen LogP contribution in [0.2, 0.25) is 5.02 Å². The quantitative estimate of drug-likeness (QED) is 0.597. The maximum absolute atomic E-state index is 12.3. The van der Waals surface area contributed by atoms with Crippen LogP contribution >= 0.6 is 11.6 Å². The molecule has 2 aromatic rings. The Morgan fingerprint density at radius 1 is 1.05 bits per heavy atom. The van der Waals surface area contributed by atoms with E-state index in [0.29, 0.717) is 10.6 Å². The van der Waals surface area contributed by atoms with Crippen molar-refractivity contribution in [2.24, 2.45) is 0 Å². The Morgan fingerprint density at radius 3 is 2.52 bits per heavy atom. The van der Waals surface area contributed by atoms with Crippen molar-refractivity contribution < 1.29 is 4.79 Å². The number of carbonyl (C=O) groups excluding carboxylic acids is 1. The van der Waals surface area contributed by atoms with Gasteiger partial charge in [0, 0.05) is 35.1 Å². The van der Waals surface area contributed by atoms with Crippen LogP contribution < -0.4 is 4.90 Å². The lowest BCUT2D eigenvalue weighted by atomic mass is 10.0. The smallest absolute Gasteiger partial charge is 0.187 e. The SMILES string of the molecule is CN1/C(=C\C(=O)c2ccc(Cl)cc2)C=Cc2ccccc21. The van der Waals surface area contributed by atoms with Crippen LogP contribution in [0.25, 0.3) is 6.08 Å². The molecule has 1 aliphatic heterocycles. The first-order valence-corrected chi connectivity index (χ1v) is 7.05. The van der Waals surface area contributed by atoms with Crippen LogP contribution in [0, 0.1) is 0 Å². The maximum Gasteiger partial charge on any atom is 0.187 e. The highest BCUT2D eigenvalue weighted by molar-refractivity contribution is 6.30. The molecule has 1 heterocycles. The molecule has 21 heavy (non-hydrogen) atoms. The van der Waals surface area contributed by atoms with E-state index in [1.807, 2.05) is 42.3 Å². The van der Waals surface area contributed by atoms with Crippen molar-refractivity contribution in [1.29, 1.82) is 0 Å². The molecule has 2 nitrogen and oxygen atoms in total. The van der Waals surface area contributed by atoms with Crippen LogP contribution in [0.4, 0.5) is 5.69 Å². The largest absolute Gasteiger partial charge is 0.344 e. The Labute approximate surface area is 129 Å². The first kappa shape index (κ1) is 13.7. The summed E-state index contributed by atoms with van der Waals surface area (Å²) in [6.45, 7) is 0. The lowest BCUT2D eigenvalue weighted by Crippen LogP contribution is -2.19. The summed E-state index contributed by atoms with van der Waals surface area (Å²) >= 11 is 5.84. The monoisotopic (exact) mass is 295 g/mol. The average Bonchev–Trinajstić information content (AvgIpc) is 2.51. The first-order chi connectivity index (χ1) is 10.1. The van der Waals surface area contributed by atoms with E-state index in [4.69, 9.17) is 11.6 Å².